The van der Waals surface area contributed by atoms with Crippen LogP contribution >= 0.6 is 15.9 Å². The van der Waals surface area contributed by atoms with Crippen LogP contribution in [0.4, 0.5) is 0 Å². The minimum atomic E-state index is -3.10. The van der Waals surface area contributed by atoms with E-state index in [-0.39, 0.29) is 10.7 Å². The van der Waals surface area contributed by atoms with Gasteiger partial charge in [0.2, 0.25) is 10.0 Å². The van der Waals surface area contributed by atoms with Crippen LogP contribution in [0.5, 0.6) is 0 Å². The second-order valence-corrected chi connectivity index (χ2v) is 8.03. The van der Waals surface area contributed by atoms with E-state index in [0.29, 0.717) is 6.54 Å². The molecule has 0 aromatic carbocycles. The van der Waals surface area contributed by atoms with Crippen LogP contribution in [-0.4, -0.2) is 25.5 Å². The van der Waals surface area contributed by atoms with Crippen LogP contribution in [0.15, 0.2) is 0 Å². The summed E-state index contributed by atoms with van der Waals surface area (Å²) in [5.41, 5.74) is -0.0261. The minimum Gasteiger partial charge on any atom is -0.214 e. The van der Waals surface area contributed by atoms with E-state index < -0.39 is 10.0 Å². The van der Waals surface area contributed by atoms with Gasteiger partial charge in [0.25, 0.3) is 0 Å². The van der Waals surface area contributed by atoms with Gasteiger partial charge in [0.1, 0.15) is 0 Å². The molecule has 0 aromatic heterocycles. The Balaban J connectivity index is 2.51. The van der Waals surface area contributed by atoms with Crippen molar-refractivity contribution in [3.63, 3.8) is 0 Å². The van der Waals surface area contributed by atoms with Gasteiger partial charge in [-0.05, 0) is 18.3 Å². The van der Waals surface area contributed by atoms with E-state index in [4.69, 9.17) is 0 Å². The topological polar surface area (TPSA) is 46.2 Å². The number of sulfonamides is 1. The van der Waals surface area contributed by atoms with Crippen LogP contribution < -0.4 is 4.72 Å². The summed E-state index contributed by atoms with van der Waals surface area (Å²) in [6, 6.07) is 0. The van der Waals surface area contributed by atoms with Crippen molar-refractivity contribution in [1.82, 2.24) is 4.72 Å². The largest absolute Gasteiger partial charge is 0.214 e. The molecule has 1 saturated carbocycles. The molecule has 96 valence electrons. The summed E-state index contributed by atoms with van der Waals surface area (Å²) in [5, 5.41) is 0.639. The Labute approximate surface area is 108 Å². The highest BCUT2D eigenvalue weighted by Gasteiger charge is 2.28. The molecule has 0 bridgehead atoms. The predicted molar refractivity (Wildman–Crippen MR) is 71.4 cm³/mol. The summed E-state index contributed by atoms with van der Waals surface area (Å²) in [4.78, 5) is 0. The molecule has 1 aliphatic rings. The van der Waals surface area contributed by atoms with E-state index in [2.05, 4.69) is 20.7 Å². The van der Waals surface area contributed by atoms with Crippen LogP contribution in [0, 0.1) is 5.41 Å². The van der Waals surface area contributed by atoms with Gasteiger partial charge in [-0.15, -0.1) is 0 Å². The lowest BCUT2D eigenvalue weighted by Gasteiger charge is -2.26. The van der Waals surface area contributed by atoms with Gasteiger partial charge in [-0.25, -0.2) is 13.1 Å². The SMILES string of the molecule is CC(C)(CBr)CNS(=O)(=O)C1CCCCC1. The molecular formula is C11H22BrNO2S. The first-order chi connectivity index (χ1) is 7.37. The van der Waals surface area contributed by atoms with E-state index in [1.807, 2.05) is 13.8 Å². The van der Waals surface area contributed by atoms with Gasteiger partial charge in [-0.1, -0.05) is 49.0 Å². The molecule has 0 unspecified atom stereocenters. The van der Waals surface area contributed by atoms with E-state index in [0.717, 1.165) is 31.0 Å². The van der Waals surface area contributed by atoms with Crippen molar-refractivity contribution in [1.29, 1.82) is 0 Å². The van der Waals surface area contributed by atoms with Gasteiger partial charge >= 0.3 is 0 Å². The second-order valence-electron chi connectivity index (χ2n) is 5.42. The Hall–Kier alpha value is 0.390. The van der Waals surface area contributed by atoms with Crippen molar-refractivity contribution < 1.29 is 8.42 Å². The molecule has 1 rings (SSSR count). The second kappa shape index (κ2) is 5.83. The van der Waals surface area contributed by atoms with Crippen LogP contribution in [0.1, 0.15) is 46.0 Å². The van der Waals surface area contributed by atoms with Gasteiger partial charge in [-0.2, -0.15) is 0 Å². The Bertz CT molecular complexity index is 308. The quantitative estimate of drug-likeness (QED) is 0.793. The summed E-state index contributed by atoms with van der Waals surface area (Å²) in [5.74, 6) is 0. The van der Waals surface area contributed by atoms with E-state index >= 15 is 0 Å². The monoisotopic (exact) mass is 311 g/mol. The summed E-state index contributed by atoms with van der Waals surface area (Å²) >= 11 is 3.40. The van der Waals surface area contributed by atoms with Crippen molar-refractivity contribution in [3.05, 3.63) is 0 Å². The van der Waals surface area contributed by atoms with Gasteiger partial charge in [0, 0.05) is 11.9 Å². The molecular weight excluding hydrogens is 290 g/mol. The van der Waals surface area contributed by atoms with Crippen molar-refractivity contribution >= 4 is 26.0 Å². The van der Waals surface area contributed by atoms with Gasteiger partial charge in [0.15, 0.2) is 0 Å². The number of hydrogen-bond donors (Lipinski definition) is 1. The Morgan fingerprint density at radius 2 is 1.81 bits per heavy atom. The molecule has 0 saturated heterocycles. The van der Waals surface area contributed by atoms with Gasteiger partial charge < -0.3 is 0 Å². The normalized spacial score (nSPS) is 19.9. The lowest BCUT2D eigenvalue weighted by Crippen LogP contribution is -2.41. The Morgan fingerprint density at radius 1 is 1.25 bits per heavy atom. The Morgan fingerprint density at radius 3 is 2.31 bits per heavy atom. The zero-order valence-corrected chi connectivity index (χ0v) is 12.5. The number of nitrogens with one attached hydrogen (secondary N) is 1. The van der Waals surface area contributed by atoms with Crippen LogP contribution in [0.2, 0.25) is 0 Å². The maximum Gasteiger partial charge on any atom is 0.214 e. The van der Waals surface area contributed by atoms with Crippen molar-refractivity contribution in [2.24, 2.45) is 5.41 Å². The average Bonchev–Trinajstić information content (AvgIpc) is 2.28. The molecule has 0 amide bonds. The van der Waals surface area contributed by atoms with Crippen LogP contribution in [-0.2, 0) is 10.0 Å². The van der Waals surface area contributed by atoms with Gasteiger partial charge in [-0.3, -0.25) is 0 Å². The molecule has 1 aliphatic carbocycles. The third kappa shape index (κ3) is 4.34. The number of alkyl halides is 1. The molecule has 0 radical (unpaired) electrons. The Kier molecular flexibility index (Phi) is 5.26. The highest BCUT2D eigenvalue weighted by molar-refractivity contribution is 9.09. The number of halogens is 1. The zero-order chi connectivity index (χ0) is 12.2. The maximum absolute atomic E-state index is 12.0. The first-order valence-corrected chi connectivity index (χ1v) is 8.59. The summed E-state index contributed by atoms with van der Waals surface area (Å²) < 4.78 is 26.8. The molecule has 1 fully saturated rings. The highest BCUT2D eigenvalue weighted by Crippen LogP contribution is 2.24. The first-order valence-electron chi connectivity index (χ1n) is 5.92. The fraction of sp³-hybridized carbons (Fsp3) is 1.00. The van der Waals surface area contributed by atoms with Crippen molar-refractivity contribution in [2.45, 2.75) is 51.2 Å². The smallest absolute Gasteiger partial charge is 0.214 e. The van der Waals surface area contributed by atoms with E-state index in [9.17, 15) is 8.42 Å². The molecule has 1 N–H and O–H groups in total. The van der Waals surface area contributed by atoms with Crippen molar-refractivity contribution in [3.8, 4) is 0 Å². The molecule has 0 aliphatic heterocycles. The van der Waals surface area contributed by atoms with Crippen LogP contribution in [0.25, 0.3) is 0 Å². The fourth-order valence-corrected chi connectivity index (χ4v) is 3.82. The molecule has 5 heteroatoms. The minimum absolute atomic E-state index is 0.0261. The summed E-state index contributed by atoms with van der Waals surface area (Å²) in [7, 11) is -3.10. The van der Waals surface area contributed by atoms with Gasteiger partial charge in [0.05, 0.1) is 5.25 Å². The predicted octanol–water partition coefficient (Wildman–Crippen LogP) is 2.66. The molecule has 0 spiro atoms. The van der Waals surface area contributed by atoms with Crippen molar-refractivity contribution in [2.75, 3.05) is 11.9 Å². The number of rotatable bonds is 5. The fourth-order valence-electron chi connectivity index (χ4n) is 1.84. The zero-order valence-electron chi connectivity index (χ0n) is 10.1. The lowest BCUT2D eigenvalue weighted by molar-refractivity contribution is 0.413. The molecule has 3 nitrogen and oxygen atoms in total. The first kappa shape index (κ1) is 14.5. The molecule has 0 atom stereocenters. The number of hydrogen-bond acceptors (Lipinski definition) is 2. The average molecular weight is 312 g/mol. The highest BCUT2D eigenvalue weighted by atomic mass is 79.9. The molecule has 0 aromatic rings. The molecule has 16 heavy (non-hydrogen) atoms. The third-order valence-corrected chi connectivity index (χ3v) is 6.52. The standard InChI is InChI=1S/C11H22BrNO2S/c1-11(2,8-12)9-13-16(14,15)10-6-4-3-5-7-10/h10,13H,3-9H2,1-2H3. The third-order valence-electron chi connectivity index (χ3n) is 3.10. The maximum atomic E-state index is 12.0. The van der Waals surface area contributed by atoms with E-state index in [1.54, 1.807) is 0 Å². The molecule has 0 heterocycles. The summed E-state index contributed by atoms with van der Waals surface area (Å²) in [6.07, 6.45) is 4.92. The lowest BCUT2D eigenvalue weighted by atomic mass is 9.98. The van der Waals surface area contributed by atoms with E-state index in [1.165, 1.54) is 6.42 Å². The summed E-state index contributed by atoms with van der Waals surface area (Å²) in [6.45, 7) is 4.60. The van der Waals surface area contributed by atoms with Crippen LogP contribution in [0.3, 0.4) is 0 Å².